The van der Waals surface area contributed by atoms with Crippen LogP contribution in [-0.2, 0) is 0 Å². The topological polar surface area (TPSA) is 64.1 Å². The minimum absolute atomic E-state index is 0. The predicted molar refractivity (Wildman–Crippen MR) is 112 cm³/mol. The van der Waals surface area contributed by atoms with Gasteiger partial charge in [-0.05, 0) is 24.3 Å². The molecule has 0 fully saturated rings. The van der Waals surface area contributed by atoms with E-state index >= 15 is 0 Å². The fourth-order valence-electron chi connectivity index (χ4n) is 2.12. The summed E-state index contributed by atoms with van der Waals surface area (Å²) in [5.74, 6) is 2.02. The van der Waals surface area contributed by atoms with Crippen molar-refractivity contribution in [3.63, 3.8) is 0 Å². The number of nitrogens with one attached hydrogen (secondary N) is 2. The Morgan fingerprint density at radius 2 is 1.85 bits per heavy atom. The standard InChI is InChI=1S/C18H22FN3O3.HI/c1-20-18(21-9-10-25-15-6-4-5-13(19)11-15)22-14-7-8-16(23-2)17(12-14)24-3;/h4-8,11-12H,9-10H2,1-3H3,(H2,20,21,22);1H. The molecule has 0 atom stereocenters. The molecular formula is C18H23FIN3O3. The van der Waals surface area contributed by atoms with Gasteiger partial charge in [-0.3, -0.25) is 4.99 Å². The Labute approximate surface area is 169 Å². The number of anilines is 1. The van der Waals surface area contributed by atoms with Crippen LogP contribution < -0.4 is 24.8 Å². The zero-order valence-corrected chi connectivity index (χ0v) is 17.2. The first-order valence-electron chi connectivity index (χ1n) is 7.74. The maximum atomic E-state index is 13.1. The zero-order valence-electron chi connectivity index (χ0n) is 14.9. The number of nitrogens with zero attached hydrogens (tertiary/aromatic N) is 1. The Bertz CT molecular complexity index is 729. The second kappa shape index (κ2) is 11.4. The Balaban J connectivity index is 0.00000338. The van der Waals surface area contributed by atoms with Crippen LogP contribution in [0.3, 0.4) is 0 Å². The lowest BCUT2D eigenvalue weighted by Crippen LogP contribution is -2.33. The van der Waals surface area contributed by atoms with Gasteiger partial charge in [0.05, 0.1) is 20.8 Å². The molecule has 2 rings (SSSR count). The van der Waals surface area contributed by atoms with E-state index in [1.807, 2.05) is 18.2 Å². The number of benzene rings is 2. The van der Waals surface area contributed by atoms with Crippen LogP contribution in [-0.4, -0.2) is 40.4 Å². The number of hydrogen-bond acceptors (Lipinski definition) is 4. The second-order valence-electron chi connectivity index (χ2n) is 5.00. The first-order valence-corrected chi connectivity index (χ1v) is 7.74. The fourth-order valence-corrected chi connectivity index (χ4v) is 2.12. The molecule has 0 unspecified atom stereocenters. The fraction of sp³-hybridized carbons (Fsp3) is 0.278. The van der Waals surface area contributed by atoms with E-state index < -0.39 is 0 Å². The van der Waals surface area contributed by atoms with Gasteiger partial charge in [0.2, 0.25) is 0 Å². The van der Waals surface area contributed by atoms with Gasteiger partial charge in [0.15, 0.2) is 17.5 Å². The van der Waals surface area contributed by atoms with Crippen molar-refractivity contribution in [3.8, 4) is 17.2 Å². The number of rotatable bonds is 7. The quantitative estimate of drug-likeness (QED) is 0.278. The highest BCUT2D eigenvalue weighted by Gasteiger charge is 2.06. The van der Waals surface area contributed by atoms with Crippen LogP contribution in [0.25, 0.3) is 0 Å². The summed E-state index contributed by atoms with van der Waals surface area (Å²) in [7, 11) is 4.84. The van der Waals surface area contributed by atoms with Crippen molar-refractivity contribution in [1.82, 2.24) is 5.32 Å². The maximum absolute atomic E-state index is 13.1. The van der Waals surface area contributed by atoms with Crippen LogP contribution in [0.5, 0.6) is 17.2 Å². The van der Waals surface area contributed by atoms with Crippen LogP contribution in [0.15, 0.2) is 47.5 Å². The smallest absolute Gasteiger partial charge is 0.195 e. The van der Waals surface area contributed by atoms with Crippen molar-refractivity contribution in [2.75, 3.05) is 39.7 Å². The van der Waals surface area contributed by atoms with Crippen LogP contribution >= 0.6 is 24.0 Å². The minimum atomic E-state index is -0.323. The zero-order chi connectivity index (χ0) is 18.1. The number of aliphatic imine (C=N–C) groups is 1. The predicted octanol–water partition coefficient (Wildman–Crippen LogP) is 3.53. The number of hydrogen-bond donors (Lipinski definition) is 2. The number of halogens is 2. The first-order chi connectivity index (χ1) is 12.2. The normalized spacial score (nSPS) is 10.5. The van der Waals surface area contributed by atoms with Gasteiger partial charge in [0.25, 0.3) is 0 Å². The molecule has 0 aliphatic rings. The molecule has 0 heterocycles. The van der Waals surface area contributed by atoms with Crippen molar-refractivity contribution in [1.29, 1.82) is 0 Å². The second-order valence-corrected chi connectivity index (χ2v) is 5.00. The first kappa shape index (κ1) is 21.8. The summed E-state index contributed by atoms with van der Waals surface area (Å²) in [4.78, 5) is 4.15. The molecular weight excluding hydrogens is 452 g/mol. The monoisotopic (exact) mass is 475 g/mol. The highest BCUT2D eigenvalue weighted by molar-refractivity contribution is 14.0. The van der Waals surface area contributed by atoms with E-state index in [1.54, 1.807) is 33.4 Å². The van der Waals surface area contributed by atoms with Crippen LogP contribution in [0.4, 0.5) is 10.1 Å². The third-order valence-electron chi connectivity index (χ3n) is 3.33. The average Bonchev–Trinajstić information content (AvgIpc) is 2.64. The molecule has 8 heteroatoms. The molecule has 142 valence electrons. The summed E-state index contributed by atoms with van der Waals surface area (Å²) >= 11 is 0. The SMILES string of the molecule is CN=C(NCCOc1cccc(F)c1)Nc1ccc(OC)c(OC)c1.I. The molecule has 0 bridgehead atoms. The van der Waals surface area contributed by atoms with E-state index in [0.717, 1.165) is 5.69 Å². The highest BCUT2D eigenvalue weighted by atomic mass is 127. The van der Waals surface area contributed by atoms with E-state index in [0.29, 0.717) is 36.4 Å². The van der Waals surface area contributed by atoms with Gasteiger partial charge in [0.1, 0.15) is 18.2 Å². The number of methoxy groups -OCH3 is 2. The molecule has 2 N–H and O–H groups in total. The Hall–Kier alpha value is -2.23. The number of guanidine groups is 1. The summed E-state index contributed by atoms with van der Waals surface area (Å²) in [6.45, 7) is 0.875. The Morgan fingerprint density at radius 1 is 1.08 bits per heavy atom. The summed E-state index contributed by atoms with van der Waals surface area (Å²) < 4.78 is 29.0. The summed E-state index contributed by atoms with van der Waals surface area (Å²) in [5, 5.41) is 6.27. The van der Waals surface area contributed by atoms with Gasteiger partial charge in [-0.1, -0.05) is 6.07 Å². The molecule has 26 heavy (non-hydrogen) atoms. The van der Waals surface area contributed by atoms with E-state index in [4.69, 9.17) is 14.2 Å². The largest absolute Gasteiger partial charge is 0.493 e. The van der Waals surface area contributed by atoms with E-state index in [2.05, 4.69) is 15.6 Å². The molecule has 0 spiro atoms. The van der Waals surface area contributed by atoms with Crippen LogP contribution in [0.1, 0.15) is 0 Å². The molecule has 0 saturated carbocycles. The van der Waals surface area contributed by atoms with Gasteiger partial charge in [-0.2, -0.15) is 0 Å². The maximum Gasteiger partial charge on any atom is 0.195 e. The van der Waals surface area contributed by atoms with Crippen molar-refractivity contribution in [2.24, 2.45) is 4.99 Å². The molecule has 0 amide bonds. The van der Waals surface area contributed by atoms with Gasteiger partial charge < -0.3 is 24.8 Å². The molecule has 0 radical (unpaired) electrons. The van der Waals surface area contributed by atoms with E-state index in [1.165, 1.54) is 12.1 Å². The summed E-state index contributed by atoms with van der Waals surface area (Å²) in [6, 6.07) is 11.5. The third kappa shape index (κ3) is 6.58. The van der Waals surface area contributed by atoms with Crippen LogP contribution in [0, 0.1) is 5.82 Å². The van der Waals surface area contributed by atoms with Crippen LogP contribution in [0.2, 0.25) is 0 Å². The van der Waals surface area contributed by atoms with Crippen molar-refractivity contribution in [3.05, 3.63) is 48.3 Å². The van der Waals surface area contributed by atoms with Gasteiger partial charge >= 0.3 is 0 Å². The lowest BCUT2D eigenvalue weighted by Gasteiger charge is -2.14. The Kier molecular flexibility index (Phi) is 9.56. The van der Waals surface area contributed by atoms with Crippen molar-refractivity contribution >= 4 is 35.6 Å². The van der Waals surface area contributed by atoms with E-state index in [9.17, 15) is 4.39 Å². The van der Waals surface area contributed by atoms with E-state index in [-0.39, 0.29) is 29.8 Å². The molecule has 0 aromatic heterocycles. The third-order valence-corrected chi connectivity index (χ3v) is 3.33. The molecule has 0 aliphatic carbocycles. The van der Waals surface area contributed by atoms with Crippen molar-refractivity contribution in [2.45, 2.75) is 0 Å². The molecule has 0 aliphatic heterocycles. The number of ether oxygens (including phenoxy) is 3. The molecule has 6 nitrogen and oxygen atoms in total. The molecule has 0 saturated heterocycles. The highest BCUT2D eigenvalue weighted by Crippen LogP contribution is 2.29. The van der Waals surface area contributed by atoms with Gasteiger partial charge in [0, 0.05) is 24.9 Å². The van der Waals surface area contributed by atoms with Gasteiger partial charge in [-0.15, -0.1) is 24.0 Å². The van der Waals surface area contributed by atoms with Gasteiger partial charge in [-0.25, -0.2) is 4.39 Å². The lowest BCUT2D eigenvalue weighted by molar-refractivity contribution is 0.320. The Morgan fingerprint density at radius 3 is 2.50 bits per heavy atom. The molecule has 2 aromatic carbocycles. The summed E-state index contributed by atoms with van der Waals surface area (Å²) in [5.41, 5.74) is 0.803. The summed E-state index contributed by atoms with van der Waals surface area (Å²) in [6.07, 6.45) is 0. The average molecular weight is 475 g/mol. The minimum Gasteiger partial charge on any atom is -0.493 e. The molecule has 2 aromatic rings. The van der Waals surface area contributed by atoms with Crippen molar-refractivity contribution < 1.29 is 18.6 Å². The lowest BCUT2D eigenvalue weighted by atomic mass is 10.3.